The number of aliphatic hydroxyl groups excluding tert-OH is 1. The molecule has 2 aromatic rings. The first-order valence-electron chi connectivity index (χ1n) is 8.13. The van der Waals surface area contributed by atoms with Gasteiger partial charge in [-0.25, -0.2) is 0 Å². The van der Waals surface area contributed by atoms with Gasteiger partial charge in [0.15, 0.2) is 12.2 Å². The number of nitrogens with zero attached hydrogens (tertiary/aromatic N) is 2. The molecule has 0 saturated carbocycles. The maximum atomic E-state index is 12.3. The number of hydrogen-bond acceptors (Lipinski definition) is 8. The molecule has 1 aliphatic rings. The molecule has 4 N–H and O–H groups in total. The van der Waals surface area contributed by atoms with Crippen LogP contribution in [0.5, 0.6) is 11.6 Å². The fourth-order valence-corrected chi connectivity index (χ4v) is 2.41. The molecule has 1 aliphatic heterocycles. The van der Waals surface area contributed by atoms with Crippen LogP contribution in [0.3, 0.4) is 0 Å². The zero-order chi connectivity index (χ0) is 20.1. The Morgan fingerprint density at radius 3 is 3.00 bits per heavy atom. The lowest BCUT2D eigenvalue weighted by Gasteiger charge is -2.18. The SMILES string of the molecule is N#Cc1c(OCCO)nc(C(=O)NCc2ccc3c(c2)NC(=O)CO3)[nH]c1=O. The number of ether oxygens (including phenoxy) is 2. The first-order valence-corrected chi connectivity index (χ1v) is 8.13. The van der Waals surface area contributed by atoms with Crippen LogP contribution in [0.2, 0.25) is 0 Å². The van der Waals surface area contributed by atoms with Crippen LogP contribution in [0.4, 0.5) is 5.69 Å². The van der Waals surface area contributed by atoms with E-state index in [4.69, 9.17) is 19.8 Å². The molecule has 1 aromatic carbocycles. The number of aromatic amines is 1. The van der Waals surface area contributed by atoms with Gasteiger partial charge in [-0.2, -0.15) is 10.2 Å². The average molecular weight is 385 g/mol. The summed E-state index contributed by atoms with van der Waals surface area (Å²) < 4.78 is 10.3. The van der Waals surface area contributed by atoms with Crippen molar-refractivity contribution in [2.24, 2.45) is 0 Å². The molecule has 0 atom stereocenters. The Balaban J connectivity index is 1.74. The predicted octanol–water partition coefficient (Wildman–Crippen LogP) is -0.726. The Kier molecular flexibility index (Phi) is 5.52. The molecule has 3 rings (SSSR count). The van der Waals surface area contributed by atoms with Gasteiger partial charge in [0.2, 0.25) is 11.7 Å². The van der Waals surface area contributed by atoms with Gasteiger partial charge in [-0.05, 0) is 17.7 Å². The van der Waals surface area contributed by atoms with Gasteiger partial charge in [0, 0.05) is 6.54 Å². The molecule has 144 valence electrons. The zero-order valence-corrected chi connectivity index (χ0v) is 14.4. The molecular weight excluding hydrogens is 370 g/mol. The summed E-state index contributed by atoms with van der Waals surface area (Å²) in [7, 11) is 0. The third-order valence-corrected chi connectivity index (χ3v) is 3.67. The maximum Gasteiger partial charge on any atom is 0.287 e. The topological polar surface area (TPSA) is 166 Å². The van der Waals surface area contributed by atoms with E-state index >= 15 is 0 Å². The first-order chi connectivity index (χ1) is 13.5. The number of nitriles is 1. The Labute approximate surface area is 157 Å². The van der Waals surface area contributed by atoms with E-state index in [1.54, 1.807) is 24.3 Å². The summed E-state index contributed by atoms with van der Waals surface area (Å²) in [6, 6.07) is 6.66. The molecule has 2 heterocycles. The van der Waals surface area contributed by atoms with Crippen molar-refractivity contribution < 1.29 is 24.2 Å². The van der Waals surface area contributed by atoms with Crippen molar-refractivity contribution in [1.82, 2.24) is 15.3 Å². The van der Waals surface area contributed by atoms with E-state index in [-0.39, 0.29) is 44.0 Å². The number of rotatable bonds is 6. The summed E-state index contributed by atoms with van der Waals surface area (Å²) in [5.74, 6) is -1.12. The summed E-state index contributed by atoms with van der Waals surface area (Å²) in [6.07, 6.45) is 0. The van der Waals surface area contributed by atoms with Crippen LogP contribution in [-0.2, 0) is 11.3 Å². The molecular formula is C17H15N5O6. The fraction of sp³-hybridized carbons (Fsp3) is 0.235. The van der Waals surface area contributed by atoms with E-state index in [0.29, 0.717) is 17.0 Å². The number of benzene rings is 1. The highest BCUT2D eigenvalue weighted by atomic mass is 16.5. The lowest BCUT2D eigenvalue weighted by Crippen LogP contribution is -2.29. The number of anilines is 1. The number of carbonyl (C=O) groups excluding carboxylic acids is 2. The number of hydrogen-bond donors (Lipinski definition) is 4. The smallest absolute Gasteiger partial charge is 0.287 e. The molecule has 0 bridgehead atoms. The Morgan fingerprint density at radius 1 is 1.43 bits per heavy atom. The quantitative estimate of drug-likeness (QED) is 0.505. The minimum atomic E-state index is -0.829. The van der Waals surface area contributed by atoms with E-state index in [1.807, 2.05) is 0 Å². The third-order valence-electron chi connectivity index (χ3n) is 3.67. The molecule has 0 aliphatic carbocycles. The van der Waals surface area contributed by atoms with Crippen molar-refractivity contribution in [1.29, 1.82) is 5.26 Å². The van der Waals surface area contributed by atoms with E-state index < -0.39 is 17.0 Å². The standard InChI is InChI=1S/C17H15N5O6/c18-6-10-15(25)21-14(22-17(10)27-4-3-23)16(26)19-7-9-1-2-12-11(5-9)20-13(24)8-28-12/h1-2,5,23H,3-4,7-8H2,(H,19,26)(H,20,24)(H,21,22,25). The second-order valence-electron chi connectivity index (χ2n) is 5.63. The Morgan fingerprint density at radius 2 is 2.25 bits per heavy atom. The highest BCUT2D eigenvalue weighted by Gasteiger charge is 2.18. The second-order valence-corrected chi connectivity index (χ2v) is 5.63. The first kappa shape index (κ1) is 18.9. The lowest BCUT2D eigenvalue weighted by atomic mass is 10.1. The number of aromatic nitrogens is 2. The van der Waals surface area contributed by atoms with Crippen molar-refractivity contribution >= 4 is 17.5 Å². The summed E-state index contributed by atoms with van der Waals surface area (Å²) in [5.41, 5.74) is -0.0575. The van der Waals surface area contributed by atoms with Gasteiger partial charge in [0.25, 0.3) is 17.4 Å². The van der Waals surface area contributed by atoms with Gasteiger partial charge in [-0.3, -0.25) is 14.4 Å². The average Bonchev–Trinajstić information content (AvgIpc) is 2.69. The number of carbonyl (C=O) groups is 2. The number of aliphatic hydroxyl groups is 1. The Bertz CT molecular complexity index is 1030. The second kappa shape index (κ2) is 8.19. The van der Waals surface area contributed by atoms with E-state index in [0.717, 1.165) is 0 Å². The van der Waals surface area contributed by atoms with Gasteiger partial charge >= 0.3 is 0 Å². The molecule has 11 nitrogen and oxygen atoms in total. The minimum absolute atomic E-state index is 0.0541. The summed E-state index contributed by atoms with van der Waals surface area (Å²) in [4.78, 5) is 41.7. The maximum absolute atomic E-state index is 12.3. The summed E-state index contributed by atoms with van der Waals surface area (Å²) in [5, 5.41) is 23.0. The molecule has 0 fully saturated rings. The normalized spacial score (nSPS) is 12.2. The van der Waals surface area contributed by atoms with Gasteiger partial charge in [0.1, 0.15) is 18.4 Å². The van der Waals surface area contributed by atoms with E-state index in [2.05, 4.69) is 20.6 Å². The van der Waals surface area contributed by atoms with E-state index in [1.165, 1.54) is 0 Å². The summed E-state index contributed by atoms with van der Waals surface area (Å²) >= 11 is 0. The van der Waals surface area contributed by atoms with Crippen LogP contribution in [0, 0.1) is 11.3 Å². The minimum Gasteiger partial charge on any atom is -0.482 e. The van der Waals surface area contributed by atoms with Crippen molar-refractivity contribution in [3.8, 4) is 17.7 Å². The highest BCUT2D eigenvalue weighted by molar-refractivity contribution is 5.95. The predicted molar refractivity (Wildman–Crippen MR) is 93.9 cm³/mol. The van der Waals surface area contributed by atoms with Crippen molar-refractivity contribution in [2.45, 2.75) is 6.54 Å². The van der Waals surface area contributed by atoms with Crippen LogP contribution in [0.1, 0.15) is 21.7 Å². The molecule has 0 radical (unpaired) electrons. The molecule has 11 heteroatoms. The van der Waals surface area contributed by atoms with Crippen molar-refractivity contribution in [3.05, 3.63) is 45.5 Å². The summed E-state index contributed by atoms with van der Waals surface area (Å²) in [6.45, 7) is -0.505. The van der Waals surface area contributed by atoms with Gasteiger partial charge in [0.05, 0.1) is 12.3 Å². The molecule has 0 unspecified atom stereocenters. The van der Waals surface area contributed by atoms with Gasteiger partial charge < -0.3 is 30.2 Å². The molecule has 2 amide bonds. The number of amides is 2. The van der Waals surface area contributed by atoms with Crippen molar-refractivity contribution in [3.63, 3.8) is 0 Å². The van der Waals surface area contributed by atoms with Crippen LogP contribution >= 0.6 is 0 Å². The van der Waals surface area contributed by atoms with Crippen LogP contribution in [0.15, 0.2) is 23.0 Å². The van der Waals surface area contributed by atoms with Gasteiger partial charge in [-0.1, -0.05) is 6.07 Å². The van der Waals surface area contributed by atoms with Crippen molar-refractivity contribution in [2.75, 3.05) is 25.1 Å². The molecule has 0 saturated heterocycles. The zero-order valence-electron chi connectivity index (χ0n) is 14.4. The van der Waals surface area contributed by atoms with Crippen LogP contribution < -0.4 is 25.7 Å². The number of fused-ring (bicyclic) bond motifs is 1. The molecule has 28 heavy (non-hydrogen) atoms. The highest BCUT2D eigenvalue weighted by Crippen LogP contribution is 2.28. The monoisotopic (exact) mass is 385 g/mol. The van der Waals surface area contributed by atoms with Gasteiger partial charge in [-0.15, -0.1) is 0 Å². The van der Waals surface area contributed by atoms with Crippen LogP contribution in [0.25, 0.3) is 0 Å². The fourth-order valence-electron chi connectivity index (χ4n) is 2.41. The lowest BCUT2D eigenvalue weighted by molar-refractivity contribution is -0.118. The third kappa shape index (κ3) is 4.08. The molecule has 1 aromatic heterocycles. The number of H-pyrrole nitrogens is 1. The van der Waals surface area contributed by atoms with Crippen LogP contribution in [-0.4, -0.2) is 46.7 Å². The largest absolute Gasteiger partial charge is 0.482 e. The van der Waals surface area contributed by atoms with E-state index in [9.17, 15) is 14.4 Å². The molecule has 0 spiro atoms. The Hall–Kier alpha value is -3.91. The number of nitrogens with one attached hydrogen (secondary N) is 3.